The third-order valence-electron chi connectivity index (χ3n) is 3.48. The predicted molar refractivity (Wildman–Crippen MR) is 86.4 cm³/mol. The second-order valence-electron chi connectivity index (χ2n) is 4.87. The smallest absolute Gasteiger partial charge is 0.426 e. The number of likely N-dealkylation sites (tertiary alicyclic amines) is 1. The van der Waals surface area contributed by atoms with Gasteiger partial charge in [-0.05, 0) is 47.6 Å². The molecule has 3 N–H and O–H groups in total. The lowest BCUT2D eigenvalue weighted by Crippen LogP contribution is -2.49. The van der Waals surface area contributed by atoms with Gasteiger partial charge in [0.05, 0.1) is 18.0 Å². The maximum atomic E-state index is 12.1. The molecule has 0 radical (unpaired) electrons. The van der Waals surface area contributed by atoms with Gasteiger partial charge in [-0.2, -0.15) is 0 Å². The molecule has 6 nitrogen and oxygen atoms in total. The van der Waals surface area contributed by atoms with E-state index in [4.69, 9.17) is 0 Å². The number of halogens is 1. The fraction of sp³-hybridized carbons (Fsp3) is 0.385. The van der Waals surface area contributed by atoms with Crippen LogP contribution in [0.5, 0.6) is 0 Å². The Morgan fingerprint density at radius 3 is 2.76 bits per heavy atom. The van der Waals surface area contributed by atoms with Crippen LogP contribution in [-0.4, -0.2) is 52.9 Å². The van der Waals surface area contributed by atoms with E-state index >= 15 is 0 Å². The van der Waals surface area contributed by atoms with Crippen molar-refractivity contribution in [3.8, 4) is 0 Å². The highest BCUT2D eigenvalue weighted by Gasteiger charge is 2.36. The number of amides is 2. The average molecular weight is 402 g/mol. The second kappa shape index (κ2) is 7.23. The predicted octanol–water partition coefficient (Wildman–Crippen LogP) is 0.0240. The lowest BCUT2D eigenvalue weighted by molar-refractivity contribution is -0.130. The van der Waals surface area contributed by atoms with Crippen LogP contribution in [0.4, 0.5) is 0 Å². The number of hydrogen-bond acceptors (Lipinski definition) is 4. The maximum Gasteiger partial charge on any atom is 0.475 e. The molecule has 0 aromatic heterocycles. The summed E-state index contributed by atoms with van der Waals surface area (Å²) in [7, 11) is -1.54. The highest BCUT2D eigenvalue weighted by Crippen LogP contribution is 2.18. The second-order valence-corrected chi connectivity index (χ2v) is 6.04. The normalized spacial score (nSPS) is 17.7. The molecule has 1 fully saturated rings. The fourth-order valence-corrected chi connectivity index (χ4v) is 3.04. The first-order valence-electron chi connectivity index (χ1n) is 6.69. The number of hydrogen-bond donors (Lipinski definition) is 3. The van der Waals surface area contributed by atoms with Gasteiger partial charge in [0, 0.05) is 10.1 Å². The van der Waals surface area contributed by atoms with E-state index in [1.807, 2.05) is 12.1 Å². The Bertz CT molecular complexity index is 541. The minimum Gasteiger partial charge on any atom is -0.426 e. The molecule has 1 aliphatic heterocycles. The van der Waals surface area contributed by atoms with Crippen LogP contribution in [0.25, 0.3) is 0 Å². The van der Waals surface area contributed by atoms with E-state index in [2.05, 4.69) is 27.9 Å². The zero-order chi connectivity index (χ0) is 15.4. The van der Waals surface area contributed by atoms with Crippen molar-refractivity contribution in [3.63, 3.8) is 0 Å². The Kier molecular flexibility index (Phi) is 5.60. The number of carbonyl (C=O) groups is 2. The minimum atomic E-state index is -1.54. The molecule has 2 amide bonds. The highest BCUT2D eigenvalue weighted by atomic mass is 127. The summed E-state index contributed by atoms with van der Waals surface area (Å²) in [5.74, 6) is -1.19. The molecule has 0 saturated carbocycles. The zero-order valence-electron chi connectivity index (χ0n) is 11.3. The molecule has 1 aromatic rings. The standard InChI is InChI=1S/C13H16BIN2O4/c15-10-5-2-1-4-9(10)13(19)16-8-12(18)17-7-3-6-11(17)14(20)21/h1-2,4-5,11,20-21H,3,6-8H2,(H,16,19). The van der Waals surface area contributed by atoms with Gasteiger partial charge in [0.15, 0.2) is 0 Å². The highest BCUT2D eigenvalue weighted by molar-refractivity contribution is 14.1. The largest absolute Gasteiger partial charge is 0.475 e. The molecule has 1 aliphatic rings. The summed E-state index contributed by atoms with van der Waals surface area (Å²) in [6, 6.07) is 7.10. The van der Waals surface area contributed by atoms with E-state index in [1.54, 1.807) is 12.1 Å². The zero-order valence-corrected chi connectivity index (χ0v) is 13.5. The van der Waals surface area contributed by atoms with E-state index in [0.717, 1.165) is 9.99 Å². The maximum absolute atomic E-state index is 12.1. The van der Waals surface area contributed by atoms with Crippen molar-refractivity contribution in [2.75, 3.05) is 13.1 Å². The van der Waals surface area contributed by atoms with E-state index in [-0.39, 0.29) is 18.4 Å². The van der Waals surface area contributed by atoms with E-state index < -0.39 is 13.1 Å². The Morgan fingerprint density at radius 2 is 2.10 bits per heavy atom. The topological polar surface area (TPSA) is 89.9 Å². The molecule has 21 heavy (non-hydrogen) atoms. The number of benzene rings is 1. The molecule has 0 bridgehead atoms. The van der Waals surface area contributed by atoms with Gasteiger partial charge in [0.25, 0.3) is 5.91 Å². The van der Waals surface area contributed by atoms with Crippen molar-refractivity contribution >= 4 is 41.5 Å². The first-order chi connectivity index (χ1) is 10.0. The molecule has 0 spiro atoms. The summed E-state index contributed by atoms with van der Waals surface area (Å²) in [6.07, 6.45) is 1.30. The van der Waals surface area contributed by atoms with Crippen molar-refractivity contribution in [2.45, 2.75) is 18.8 Å². The van der Waals surface area contributed by atoms with Crippen molar-refractivity contribution in [2.24, 2.45) is 0 Å². The van der Waals surface area contributed by atoms with E-state index in [0.29, 0.717) is 18.5 Å². The van der Waals surface area contributed by atoms with Gasteiger partial charge in [0.2, 0.25) is 5.91 Å². The molecule has 112 valence electrons. The van der Waals surface area contributed by atoms with Gasteiger partial charge in [-0.1, -0.05) is 12.1 Å². The van der Waals surface area contributed by atoms with Crippen LogP contribution in [0.3, 0.4) is 0 Å². The first-order valence-corrected chi connectivity index (χ1v) is 7.77. The Morgan fingerprint density at radius 1 is 1.38 bits per heavy atom. The van der Waals surface area contributed by atoms with E-state index in [1.165, 1.54) is 4.90 Å². The van der Waals surface area contributed by atoms with Gasteiger partial charge in [0.1, 0.15) is 0 Å². The van der Waals surface area contributed by atoms with Gasteiger partial charge in [-0.15, -0.1) is 0 Å². The molecule has 8 heteroatoms. The van der Waals surface area contributed by atoms with Gasteiger partial charge >= 0.3 is 7.12 Å². The Labute approximate surface area is 136 Å². The molecular weight excluding hydrogens is 386 g/mol. The minimum absolute atomic E-state index is 0.146. The van der Waals surface area contributed by atoms with Crippen LogP contribution in [0, 0.1) is 3.57 Å². The fourth-order valence-electron chi connectivity index (χ4n) is 2.41. The lowest BCUT2D eigenvalue weighted by Gasteiger charge is -2.24. The van der Waals surface area contributed by atoms with Crippen LogP contribution in [0.15, 0.2) is 24.3 Å². The molecule has 1 atom stereocenters. The van der Waals surface area contributed by atoms with Crippen molar-refractivity contribution in [1.82, 2.24) is 10.2 Å². The quantitative estimate of drug-likeness (QED) is 0.490. The molecule has 1 heterocycles. The Balaban J connectivity index is 1.92. The van der Waals surface area contributed by atoms with Crippen molar-refractivity contribution in [1.29, 1.82) is 0 Å². The monoisotopic (exact) mass is 402 g/mol. The third-order valence-corrected chi connectivity index (χ3v) is 4.42. The van der Waals surface area contributed by atoms with E-state index in [9.17, 15) is 19.6 Å². The number of nitrogens with zero attached hydrogens (tertiary/aromatic N) is 1. The summed E-state index contributed by atoms with van der Waals surface area (Å²) in [5.41, 5.74) is 0.520. The van der Waals surface area contributed by atoms with Crippen LogP contribution in [-0.2, 0) is 4.79 Å². The van der Waals surface area contributed by atoms with Crippen LogP contribution >= 0.6 is 22.6 Å². The van der Waals surface area contributed by atoms with Gasteiger partial charge in [-0.25, -0.2) is 0 Å². The summed E-state index contributed by atoms with van der Waals surface area (Å²) in [6.45, 7) is 0.340. The van der Waals surface area contributed by atoms with Gasteiger partial charge in [-0.3, -0.25) is 9.59 Å². The third kappa shape index (κ3) is 3.95. The van der Waals surface area contributed by atoms with Crippen molar-refractivity contribution < 1.29 is 19.6 Å². The summed E-state index contributed by atoms with van der Waals surface area (Å²) >= 11 is 2.06. The van der Waals surface area contributed by atoms with Crippen molar-refractivity contribution in [3.05, 3.63) is 33.4 Å². The molecule has 1 unspecified atom stereocenters. The summed E-state index contributed by atoms with van der Waals surface area (Å²) < 4.78 is 0.810. The lowest BCUT2D eigenvalue weighted by atomic mass is 9.78. The molecule has 1 aromatic carbocycles. The first kappa shape index (κ1) is 16.2. The summed E-state index contributed by atoms with van der Waals surface area (Å²) in [4.78, 5) is 25.5. The summed E-state index contributed by atoms with van der Waals surface area (Å²) in [5, 5.41) is 21.1. The average Bonchev–Trinajstić information content (AvgIpc) is 2.94. The molecular formula is C13H16BIN2O4. The molecule has 2 rings (SSSR count). The SMILES string of the molecule is O=C(NCC(=O)N1CCCC1B(O)O)c1ccccc1I. The van der Waals surface area contributed by atoms with Gasteiger partial charge < -0.3 is 20.3 Å². The number of rotatable bonds is 4. The van der Waals surface area contributed by atoms with Crippen LogP contribution in [0.1, 0.15) is 23.2 Å². The molecule has 1 saturated heterocycles. The number of nitrogens with one attached hydrogen (secondary N) is 1. The number of carbonyl (C=O) groups excluding carboxylic acids is 2. The van der Waals surface area contributed by atoms with Crippen LogP contribution in [0.2, 0.25) is 0 Å². The Hall–Kier alpha value is -1.13. The van der Waals surface area contributed by atoms with Crippen LogP contribution < -0.4 is 5.32 Å². The molecule has 0 aliphatic carbocycles.